The minimum atomic E-state index is -0.105. The first-order valence-electron chi connectivity index (χ1n) is 8.44. The molecule has 4 rings (SSSR count). The van der Waals surface area contributed by atoms with Gasteiger partial charge in [-0.1, -0.05) is 35.0 Å². The molecular formula is C20H17ClN4OS. The van der Waals surface area contributed by atoms with E-state index in [0.717, 1.165) is 22.1 Å². The molecule has 0 bridgehead atoms. The minimum Gasteiger partial charge on any atom is -0.325 e. The zero-order chi connectivity index (χ0) is 19.0. The molecule has 1 N–H and O–H groups in total. The number of benzene rings is 2. The summed E-state index contributed by atoms with van der Waals surface area (Å²) in [6, 6.07) is 15.4. The van der Waals surface area contributed by atoms with Gasteiger partial charge in [0.2, 0.25) is 5.91 Å². The summed E-state index contributed by atoms with van der Waals surface area (Å²) in [4.78, 5) is 12.3. The molecule has 2 heterocycles. The second kappa shape index (κ2) is 7.21. The van der Waals surface area contributed by atoms with E-state index in [1.54, 1.807) is 24.3 Å². The van der Waals surface area contributed by atoms with Crippen LogP contribution in [0.25, 0.3) is 16.6 Å². The molecule has 0 spiro atoms. The number of hydrogen-bond donors (Lipinski definition) is 1. The zero-order valence-corrected chi connectivity index (χ0v) is 16.4. The molecule has 7 heteroatoms. The number of thioether (sulfide) groups is 1. The third kappa shape index (κ3) is 3.63. The van der Waals surface area contributed by atoms with Gasteiger partial charge >= 0.3 is 0 Å². The van der Waals surface area contributed by atoms with Crippen LogP contribution >= 0.6 is 23.4 Å². The van der Waals surface area contributed by atoms with Gasteiger partial charge in [-0.05, 0) is 67.3 Å². The molecule has 0 aliphatic heterocycles. The number of amides is 1. The Kier molecular flexibility index (Phi) is 4.76. The molecule has 0 fully saturated rings. The van der Waals surface area contributed by atoms with E-state index in [4.69, 9.17) is 11.6 Å². The van der Waals surface area contributed by atoms with Crippen LogP contribution in [0.4, 0.5) is 5.69 Å². The van der Waals surface area contributed by atoms with Crippen molar-refractivity contribution < 1.29 is 4.79 Å². The summed E-state index contributed by atoms with van der Waals surface area (Å²) in [5.41, 5.74) is 4.82. The summed E-state index contributed by atoms with van der Waals surface area (Å²) in [6.45, 7) is 4.09. The van der Waals surface area contributed by atoms with Gasteiger partial charge in [-0.3, -0.25) is 9.20 Å². The number of anilines is 1. The maximum absolute atomic E-state index is 12.3. The monoisotopic (exact) mass is 396 g/mol. The van der Waals surface area contributed by atoms with Crippen LogP contribution in [-0.2, 0) is 4.79 Å². The van der Waals surface area contributed by atoms with Gasteiger partial charge in [0.1, 0.15) is 0 Å². The molecule has 0 atom stereocenters. The van der Waals surface area contributed by atoms with Crippen molar-refractivity contribution in [3.8, 4) is 0 Å². The van der Waals surface area contributed by atoms with Gasteiger partial charge in [-0.15, -0.1) is 10.2 Å². The molecule has 0 aliphatic carbocycles. The summed E-state index contributed by atoms with van der Waals surface area (Å²) in [5, 5.41) is 13.9. The van der Waals surface area contributed by atoms with Crippen molar-refractivity contribution in [3.05, 3.63) is 64.7 Å². The number of hydrogen-bond acceptors (Lipinski definition) is 4. The Morgan fingerprint density at radius 3 is 2.67 bits per heavy atom. The Labute approximate surface area is 165 Å². The van der Waals surface area contributed by atoms with Crippen molar-refractivity contribution in [1.82, 2.24) is 14.6 Å². The van der Waals surface area contributed by atoms with Gasteiger partial charge in [0, 0.05) is 10.7 Å². The lowest BCUT2D eigenvalue weighted by Crippen LogP contribution is -2.14. The average molecular weight is 397 g/mol. The molecule has 0 radical (unpaired) electrons. The van der Waals surface area contributed by atoms with E-state index in [9.17, 15) is 4.79 Å². The van der Waals surface area contributed by atoms with Crippen molar-refractivity contribution in [2.24, 2.45) is 0 Å². The second-order valence-corrected chi connectivity index (χ2v) is 7.75. The Morgan fingerprint density at radius 2 is 1.89 bits per heavy atom. The molecule has 0 saturated carbocycles. The fraction of sp³-hybridized carbons (Fsp3) is 0.150. The summed E-state index contributed by atoms with van der Waals surface area (Å²) in [7, 11) is 0. The maximum Gasteiger partial charge on any atom is 0.234 e. The SMILES string of the molecule is Cc1ccc2c(c1)cc(C)c1nnc(SCC(=O)Nc3ccc(Cl)cc3)n12. The first-order chi connectivity index (χ1) is 13.0. The molecule has 0 saturated heterocycles. The highest BCUT2D eigenvalue weighted by Crippen LogP contribution is 2.26. The number of nitrogens with zero attached hydrogens (tertiary/aromatic N) is 3. The van der Waals surface area contributed by atoms with Crippen LogP contribution in [-0.4, -0.2) is 26.3 Å². The molecule has 0 aliphatic rings. The lowest BCUT2D eigenvalue weighted by atomic mass is 10.1. The predicted molar refractivity (Wildman–Crippen MR) is 111 cm³/mol. The van der Waals surface area contributed by atoms with E-state index in [-0.39, 0.29) is 11.7 Å². The Balaban J connectivity index is 1.59. The number of aryl methyl sites for hydroxylation is 2. The van der Waals surface area contributed by atoms with Gasteiger partial charge in [0.05, 0.1) is 11.3 Å². The molecule has 4 aromatic rings. The standard InChI is InChI=1S/C20H17ClN4OS/c1-12-3-8-17-14(9-12)10-13(2)19-23-24-20(25(17)19)27-11-18(26)22-16-6-4-15(21)5-7-16/h3-10H,11H2,1-2H3,(H,22,26). The molecule has 2 aromatic heterocycles. The molecule has 0 unspecified atom stereocenters. The van der Waals surface area contributed by atoms with Crippen LogP contribution in [0.3, 0.4) is 0 Å². The van der Waals surface area contributed by atoms with Crippen molar-refractivity contribution in [2.45, 2.75) is 19.0 Å². The number of rotatable bonds is 4. The number of aromatic nitrogens is 3. The van der Waals surface area contributed by atoms with Crippen LogP contribution in [0, 0.1) is 13.8 Å². The summed E-state index contributed by atoms with van der Waals surface area (Å²) >= 11 is 7.23. The van der Waals surface area contributed by atoms with Crippen molar-refractivity contribution in [2.75, 3.05) is 11.1 Å². The molecule has 5 nitrogen and oxygen atoms in total. The van der Waals surface area contributed by atoms with Gasteiger partial charge in [-0.25, -0.2) is 0 Å². The smallest absolute Gasteiger partial charge is 0.234 e. The third-order valence-electron chi connectivity index (χ3n) is 4.24. The normalized spacial score (nSPS) is 11.2. The van der Waals surface area contributed by atoms with Crippen LogP contribution in [0.2, 0.25) is 5.02 Å². The van der Waals surface area contributed by atoms with Crippen molar-refractivity contribution >= 4 is 51.5 Å². The maximum atomic E-state index is 12.3. The highest BCUT2D eigenvalue weighted by Gasteiger charge is 2.14. The Hall–Kier alpha value is -2.57. The average Bonchev–Trinajstić information content (AvgIpc) is 3.07. The van der Waals surface area contributed by atoms with Crippen LogP contribution in [0.5, 0.6) is 0 Å². The molecule has 27 heavy (non-hydrogen) atoms. The molecular weight excluding hydrogens is 380 g/mol. The van der Waals surface area contributed by atoms with Gasteiger partial charge < -0.3 is 5.32 Å². The molecule has 1 amide bonds. The number of carbonyl (C=O) groups is 1. The first-order valence-corrected chi connectivity index (χ1v) is 9.81. The van der Waals surface area contributed by atoms with E-state index in [1.807, 2.05) is 11.3 Å². The van der Waals surface area contributed by atoms with Gasteiger partial charge in [-0.2, -0.15) is 0 Å². The summed E-state index contributed by atoms with van der Waals surface area (Å²) in [6.07, 6.45) is 0. The van der Waals surface area contributed by atoms with Crippen molar-refractivity contribution in [1.29, 1.82) is 0 Å². The van der Waals surface area contributed by atoms with E-state index >= 15 is 0 Å². The fourth-order valence-electron chi connectivity index (χ4n) is 2.99. The molecule has 2 aromatic carbocycles. The number of nitrogens with one attached hydrogen (secondary N) is 1. The van der Waals surface area contributed by atoms with E-state index in [2.05, 4.69) is 46.7 Å². The topological polar surface area (TPSA) is 59.3 Å². The quantitative estimate of drug-likeness (QED) is 0.499. The van der Waals surface area contributed by atoms with Crippen LogP contribution in [0.1, 0.15) is 11.1 Å². The minimum absolute atomic E-state index is 0.105. The largest absolute Gasteiger partial charge is 0.325 e. The Morgan fingerprint density at radius 1 is 1.11 bits per heavy atom. The highest BCUT2D eigenvalue weighted by molar-refractivity contribution is 7.99. The van der Waals surface area contributed by atoms with Gasteiger partial charge in [0.15, 0.2) is 10.8 Å². The summed E-state index contributed by atoms with van der Waals surface area (Å²) < 4.78 is 2.02. The second-order valence-electron chi connectivity index (χ2n) is 6.37. The summed E-state index contributed by atoms with van der Waals surface area (Å²) in [5.74, 6) is 0.136. The Bertz CT molecular complexity index is 1150. The van der Waals surface area contributed by atoms with Crippen molar-refractivity contribution in [3.63, 3.8) is 0 Å². The van der Waals surface area contributed by atoms with Crippen LogP contribution in [0.15, 0.2) is 53.7 Å². The predicted octanol–water partition coefficient (Wildman–Crippen LogP) is 4.88. The first kappa shape index (κ1) is 17.8. The van der Waals surface area contributed by atoms with E-state index in [1.165, 1.54) is 17.3 Å². The lowest BCUT2D eigenvalue weighted by Gasteiger charge is -2.08. The molecule has 136 valence electrons. The van der Waals surface area contributed by atoms with E-state index < -0.39 is 0 Å². The fourth-order valence-corrected chi connectivity index (χ4v) is 3.86. The third-order valence-corrected chi connectivity index (χ3v) is 5.42. The number of fused-ring (bicyclic) bond motifs is 3. The number of pyridine rings is 1. The number of carbonyl (C=O) groups excluding carboxylic acids is 1. The zero-order valence-electron chi connectivity index (χ0n) is 14.9. The highest BCUT2D eigenvalue weighted by atomic mass is 35.5. The van der Waals surface area contributed by atoms with Crippen LogP contribution < -0.4 is 5.32 Å². The number of halogens is 1. The lowest BCUT2D eigenvalue weighted by molar-refractivity contribution is -0.113. The van der Waals surface area contributed by atoms with Gasteiger partial charge in [0.25, 0.3) is 0 Å². The van der Waals surface area contributed by atoms with E-state index in [0.29, 0.717) is 15.9 Å².